The molecule has 0 saturated carbocycles. The number of benzene rings is 2. The molecule has 2 amide bonds. The maximum absolute atomic E-state index is 14.1. The van der Waals surface area contributed by atoms with Crippen molar-refractivity contribution in [3.8, 4) is 5.75 Å². The first-order chi connectivity index (χ1) is 14.5. The van der Waals surface area contributed by atoms with Crippen LogP contribution in [0.5, 0.6) is 5.75 Å². The Balaban J connectivity index is 1.63. The number of fused-ring (bicyclic) bond motifs is 2. The number of carbonyl (C=O) groups excluding carboxylic acids is 2. The fourth-order valence-corrected chi connectivity index (χ4v) is 4.20. The summed E-state index contributed by atoms with van der Waals surface area (Å²) in [6.07, 6.45) is 7.18. The molecule has 2 aromatic rings. The highest BCUT2D eigenvalue weighted by molar-refractivity contribution is 6.08. The number of hydrogen-bond donors (Lipinski definition) is 2. The van der Waals surface area contributed by atoms with Crippen LogP contribution in [0.25, 0.3) is 0 Å². The largest absolute Gasteiger partial charge is 0.508 e. The van der Waals surface area contributed by atoms with E-state index in [0.717, 1.165) is 11.6 Å². The number of hydrogen-bond acceptors (Lipinski definition) is 4. The lowest BCUT2D eigenvalue weighted by Gasteiger charge is -2.34. The minimum Gasteiger partial charge on any atom is -0.508 e. The fraction of sp³-hybridized carbons (Fsp3) is 0.174. The highest BCUT2D eigenvalue weighted by Gasteiger charge is 2.41. The summed E-state index contributed by atoms with van der Waals surface area (Å²) in [5.41, 5.74) is 1.54. The van der Waals surface area contributed by atoms with Crippen LogP contribution < -0.4 is 5.32 Å². The van der Waals surface area contributed by atoms with Gasteiger partial charge in [0.1, 0.15) is 23.4 Å². The van der Waals surface area contributed by atoms with Crippen LogP contribution in [0.4, 0.5) is 4.39 Å². The van der Waals surface area contributed by atoms with Crippen molar-refractivity contribution in [2.75, 3.05) is 0 Å². The summed E-state index contributed by atoms with van der Waals surface area (Å²) in [6, 6.07) is 9.39. The molecule has 7 heteroatoms. The van der Waals surface area contributed by atoms with E-state index < -0.39 is 23.8 Å². The van der Waals surface area contributed by atoms with E-state index in [0.29, 0.717) is 5.56 Å². The number of amides is 2. The quantitative estimate of drug-likeness (QED) is 0.827. The Labute approximate surface area is 172 Å². The van der Waals surface area contributed by atoms with Gasteiger partial charge in [0.15, 0.2) is 0 Å². The Morgan fingerprint density at radius 3 is 2.77 bits per heavy atom. The molecule has 3 aliphatic rings. The Hall–Kier alpha value is -3.74. The van der Waals surface area contributed by atoms with Crippen molar-refractivity contribution in [2.24, 2.45) is 10.9 Å². The molecule has 0 radical (unpaired) electrons. The average Bonchev–Trinajstić information content (AvgIpc) is 3.07. The highest BCUT2D eigenvalue weighted by atomic mass is 19.1. The zero-order valence-electron chi connectivity index (χ0n) is 15.8. The van der Waals surface area contributed by atoms with Crippen molar-refractivity contribution in [1.82, 2.24) is 10.2 Å². The number of phenols is 1. The summed E-state index contributed by atoms with van der Waals surface area (Å²) >= 11 is 0. The van der Waals surface area contributed by atoms with Gasteiger partial charge in [-0.05, 0) is 29.8 Å². The number of nitrogens with zero attached hydrogens (tertiary/aromatic N) is 2. The Kier molecular flexibility index (Phi) is 4.24. The van der Waals surface area contributed by atoms with Crippen LogP contribution in [0.15, 0.2) is 71.8 Å². The number of amidine groups is 1. The first-order valence-corrected chi connectivity index (χ1v) is 9.64. The van der Waals surface area contributed by atoms with Crippen molar-refractivity contribution in [2.45, 2.75) is 18.6 Å². The van der Waals surface area contributed by atoms with E-state index >= 15 is 0 Å². The van der Waals surface area contributed by atoms with Gasteiger partial charge >= 0.3 is 0 Å². The zero-order valence-corrected chi connectivity index (χ0v) is 15.8. The summed E-state index contributed by atoms with van der Waals surface area (Å²) in [4.78, 5) is 32.1. The number of aromatic hydroxyl groups is 1. The molecular formula is C23H18FN3O3. The van der Waals surface area contributed by atoms with Crippen molar-refractivity contribution >= 4 is 17.6 Å². The van der Waals surface area contributed by atoms with Crippen LogP contribution in [0.2, 0.25) is 0 Å². The van der Waals surface area contributed by atoms with Crippen LogP contribution in [-0.4, -0.2) is 33.7 Å². The number of carbonyl (C=O) groups is 2. The Morgan fingerprint density at radius 2 is 1.93 bits per heavy atom. The third-order valence-electron chi connectivity index (χ3n) is 5.65. The second-order valence-electron chi connectivity index (χ2n) is 7.49. The predicted molar refractivity (Wildman–Crippen MR) is 108 cm³/mol. The molecule has 2 aromatic carbocycles. The monoisotopic (exact) mass is 403 g/mol. The first kappa shape index (κ1) is 18.3. The summed E-state index contributed by atoms with van der Waals surface area (Å²) in [5, 5.41) is 13.3. The lowest BCUT2D eigenvalue weighted by atomic mass is 9.91. The third-order valence-corrected chi connectivity index (χ3v) is 5.65. The lowest BCUT2D eigenvalue weighted by Crippen LogP contribution is -2.50. The van der Waals surface area contributed by atoms with Gasteiger partial charge in [-0.1, -0.05) is 42.5 Å². The Morgan fingerprint density at radius 1 is 1.13 bits per heavy atom. The molecule has 3 atom stereocenters. The van der Waals surface area contributed by atoms with Crippen molar-refractivity contribution in [3.63, 3.8) is 0 Å². The number of aliphatic imine (C=N–C) groups is 1. The van der Waals surface area contributed by atoms with Crippen molar-refractivity contribution < 1.29 is 19.1 Å². The summed E-state index contributed by atoms with van der Waals surface area (Å²) in [7, 11) is 0. The molecule has 3 unspecified atom stereocenters. The normalized spacial score (nSPS) is 23.0. The fourth-order valence-electron chi connectivity index (χ4n) is 4.20. The molecule has 2 heterocycles. The van der Waals surface area contributed by atoms with E-state index in [2.05, 4.69) is 10.3 Å². The van der Waals surface area contributed by atoms with E-state index in [4.69, 9.17) is 0 Å². The van der Waals surface area contributed by atoms with Gasteiger partial charge < -0.3 is 15.3 Å². The maximum atomic E-state index is 14.1. The van der Waals surface area contributed by atoms with E-state index in [-0.39, 0.29) is 35.5 Å². The highest BCUT2D eigenvalue weighted by Crippen LogP contribution is 2.37. The van der Waals surface area contributed by atoms with Gasteiger partial charge in [0, 0.05) is 17.7 Å². The maximum Gasteiger partial charge on any atom is 0.255 e. The molecule has 0 bridgehead atoms. The summed E-state index contributed by atoms with van der Waals surface area (Å²) in [6.45, 7) is 0.258. The van der Waals surface area contributed by atoms with Gasteiger partial charge in [0.25, 0.3) is 5.91 Å². The van der Waals surface area contributed by atoms with Gasteiger partial charge in [-0.2, -0.15) is 0 Å². The summed E-state index contributed by atoms with van der Waals surface area (Å²) < 4.78 is 14.1. The number of halogens is 1. The second-order valence-corrected chi connectivity index (χ2v) is 7.49. The third kappa shape index (κ3) is 2.90. The molecule has 30 heavy (non-hydrogen) atoms. The van der Waals surface area contributed by atoms with Crippen LogP contribution in [0, 0.1) is 11.7 Å². The van der Waals surface area contributed by atoms with Gasteiger partial charge in [0.05, 0.1) is 12.0 Å². The second kappa shape index (κ2) is 6.95. The molecule has 0 saturated heterocycles. The van der Waals surface area contributed by atoms with E-state index in [1.165, 1.54) is 17.0 Å². The molecule has 2 aliphatic heterocycles. The molecule has 0 fully saturated rings. The van der Waals surface area contributed by atoms with Crippen LogP contribution in [-0.2, 0) is 11.3 Å². The van der Waals surface area contributed by atoms with E-state index in [1.54, 1.807) is 24.3 Å². The van der Waals surface area contributed by atoms with Crippen molar-refractivity contribution in [1.29, 1.82) is 0 Å². The van der Waals surface area contributed by atoms with Gasteiger partial charge in [-0.25, -0.2) is 4.39 Å². The number of phenolic OH excluding ortho intramolecular Hbond substituents is 1. The van der Waals surface area contributed by atoms with E-state index in [9.17, 15) is 19.1 Å². The van der Waals surface area contributed by atoms with Gasteiger partial charge in [-0.3, -0.25) is 14.6 Å². The smallest absolute Gasteiger partial charge is 0.255 e. The topological polar surface area (TPSA) is 82.0 Å². The number of nitrogens with one attached hydrogen (secondary N) is 1. The molecule has 0 aromatic heterocycles. The first-order valence-electron chi connectivity index (χ1n) is 9.64. The Bertz CT molecular complexity index is 1150. The molecule has 5 rings (SSSR count). The lowest BCUT2D eigenvalue weighted by molar-refractivity contribution is -0.122. The number of rotatable bonds is 3. The number of allylic oxidation sites excluding steroid dienone is 2. The van der Waals surface area contributed by atoms with Crippen LogP contribution in [0.3, 0.4) is 0 Å². The van der Waals surface area contributed by atoms with Crippen molar-refractivity contribution in [3.05, 3.63) is 89.3 Å². The molecule has 2 N–H and O–H groups in total. The van der Waals surface area contributed by atoms with Crippen LogP contribution in [0.1, 0.15) is 27.5 Å². The van der Waals surface area contributed by atoms with Crippen LogP contribution >= 0.6 is 0 Å². The molecule has 1 aliphatic carbocycles. The molecular weight excluding hydrogens is 385 g/mol. The van der Waals surface area contributed by atoms with E-state index in [1.807, 2.05) is 24.3 Å². The minimum absolute atomic E-state index is 0.170. The minimum atomic E-state index is -0.940. The SMILES string of the molecule is O=C1NC(C(c2cc(F)ccc2O)N2Cc3ccccc3C2=O)=NC2C=CC=CC12. The standard InChI is InChI=1S/C23H18FN3O3/c24-14-9-10-19(28)17(11-14)20(27-12-13-5-1-2-6-15(13)23(27)30)21-25-18-8-4-3-7-16(18)22(29)26-21/h1-11,16,18,20,28H,12H2,(H,25,26,29). The molecule has 150 valence electrons. The average molecular weight is 403 g/mol. The molecule has 6 nitrogen and oxygen atoms in total. The molecule has 0 spiro atoms. The summed E-state index contributed by atoms with van der Waals surface area (Å²) in [5.74, 6) is -1.48. The predicted octanol–water partition coefficient (Wildman–Crippen LogP) is 2.87. The van der Waals surface area contributed by atoms with Gasteiger partial charge in [-0.15, -0.1) is 0 Å². The van der Waals surface area contributed by atoms with Gasteiger partial charge in [0.2, 0.25) is 5.91 Å². The zero-order chi connectivity index (χ0) is 20.8.